The van der Waals surface area contributed by atoms with Crippen molar-refractivity contribution in [1.82, 2.24) is 13.9 Å². The van der Waals surface area contributed by atoms with Crippen molar-refractivity contribution in [3.8, 4) is 0 Å². The maximum absolute atomic E-state index is 13.1. The first-order chi connectivity index (χ1) is 14.3. The van der Waals surface area contributed by atoms with Crippen LogP contribution in [-0.2, 0) is 23.6 Å². The fourth-order valence-corrected chi connectivity index (χ4v) is 5.60. The Labute approximate surface area is 174 Å². The van der Waals surface area contributed by atoms with Crippen LogP contribution in [0.4, 0.5) is 11.4 Å². The quantitative estimate of drug-likeness (QED) is 0.476. The van der Waals surface area contributed by atoms with Gasteiger partial charge in [0.2, 0.25) is 10.0 Å². The van der Waals surface area contributed by atoms with Gasteiger partial charge in [0, 0.05) is 32.3 Å². The molecule has 158 valence electrons. The maximum Gasteiger partial charge on any atom is 0.270 e. The molecule has 1 saturated heterocycles. The minimum absolute atomic E-state index is 0.0754. The number of hydrogen-bond donors (Lipinski definition) is 1. The molecule has 1 aliphatic heterocycles. The molecule has 0 unspecified atom stereocenters. The van der Waals surface area contributed by atoms with E-state index in [0.29, 0.717) is 18.8 Å². The standard InChI is InChI=1S/C20H23N5O4S/c1-14-6-5-7-17-20(14)23(2)19(22-17)13-21-16-9-8-15(25(26)27)12-18(16)30(28,29)24-10-3-4-11-24/h5-9,12,21H,3-4,10-11,13H2,1-2H3. The lowest BCUT2D eigenvalue weighted by Crippen LogP contribution is -2.28. The lowest BCUT2D eigenvalue weighted by atomic mass is 10.2. The van der Waals surface area contributed by atoms with Crippen LogP contribution in [-0.4, -0.2) is 40.3 Å². The van der Waals surface area contributed by atoms with Crippen LogP contribution in [0.5, 0.6) is 0 Å². The molecule has 0 amide bonds. The number of non-ortho nitro benzene ring substituents is 1. The molecule has 0 aliphatic carbocycles. The number of benzene rings is 2. The van der Waals surface area contributed by atoms with Crippen molar-refractivity contribution < 1.29 is 13.3 Å². The second kappa shape index (κ2) is 7.69. The number of para-hydroxylation sites is 1. The van der Waals surface area contributed by atoms with E-state index in [0.717, 1.165) is 41.3 Å². The van der Waals surface area contributed by atoms with Gasteiger partial charge < -0.3 is 9.88 Å². The maximum atomic E-state index is 13.1. The van der Waals surface area contributed by atoms with Gasteiger partial charge >= 0.3 is 0 Å². The summed E-state index contributed by atoms with van der Waals surface area (Å²) >= 11 is 0. The Morgan fingerprint density at radius 1 is 1.20 bits per heavy atom. The van der Waals surface area contributed by atoms with E-state index in [4.69, 9.17) is 0 Å². The summed E-state index contributed by atoms with van der Waals surface area (Å²) in [7, 11) is -1.92. The summed E-state index contributed by atoms with van der Waals surface area (Å²) in [6, 6.07) is 9.78. The van der Waals surface area contributed by atoms with Crippen LogP contribution in [0, 0.1) is 17.0 Å². The van der Waals surface area contributed by atoms with E-state index in [9.17, 15) is 18.5 Å². The number of fused-ring (bicyclic) bond motifs is 1. The number of nitro benzene ring substituents is 1. The Hall–Kier alpha value is -2.98. The summed E-state index contributed by atoms with van der Waals surface area (Å²) in [5, 5.41) is 14.4. The van der Waals surface area contributed by atoms with Crippen LogP contribution in [0.15, 0.2) is 41.3 Å². The topological polar surface area (TPSA) is 110 Å². The summed E-state index contributed by atoms with van der Waals surface area (Å²) in [5.41, 5.74) is 3.06. The molecule has 10 heteroatoms. The summed E-state index contributed by atoms with van der Waals surface area (Å²) < 4.78 is 29.6. The summed E-state index contributed by atoms with van der Waals surface area (Å²) in [4.78, 5) is 15.2. The third kappa shape index (κ3) is 3.52. The summed E-state index contributed by atoms with van der Waals surface area (Å²) in [5.74, 6) is 0.738. The lowest BCUT2D eigenvalue weighted by molar-refractivity contribution is -0.385. The van der Waals surface area contributed by atoms with E-state index < -0.39 is 14.9 Å². The molecule has 2 aromatic carbocycles. The number of rotatable bonds is 6. The third-order valence-corrected chi connectivity index (χ3v) is 7.42. The Bertz CT molecular complexity index is 1230. The van der Waals surface area contributed by atoms with Crippen LogP contribution in [0.25, 0.3) is 11.0 Å². The SMILES string of the molecule is Cc1cccc2nc(CNc3ccc([N+](=O)[O-])cc3S(=O)(=O)N3CCCC3)n(C)c12. The van der Waals surface area contributed by atoms with Crippen molar-refractivity contribution in [3.63, 3.8) is 0 Å². The van der Waals surface area contributed by atoms with Gasteiger partial charge in [0.05, 0.1) is 28.2 Å². The number of nitrogens with one attached hydrogen (secondary N) is 1. The first-order valence-electron chi connectivity index (χ1n) is 9.72. The van der Waals surface area contributed by atoms with Crippen LogP contribution >= 0.6 is 0 Å². The van der Waals surface area contributed by atoms with Crippen molar-refractivity contribution in [2.45, 2.75) is 31.2 Å². The predicted molar refractivity (Wildman–Crippen MR) is 114 cm³/mol. The first-order valence-corrected chi connectivity index (χ1v) is 11.2. The van der Waals surface area contributed by atoms with E-state index in [1.807, 2.05) is 36.7 Å². The highest BCUT2D eigenvalue weighted by Crippen LogP contribution is 2.31. The zero-order chi connectivity index (χ0) is 21.5. The minimum Gasteiger partial charge on any atom is -0.377 e. The smallest absolute Gasteiger partial charge is 0.270 e. The molecule has 0 bridgehead atoms. The van der Waals surface area contributed by atoms with E-state index in [1.54, 1.807) is 0 Å². The molecule has 1 aliphatic rings. The largest absolute Gasteiger partial charge is 0.377 e. The van der Waals surface area contributed by atoms with Gasteiger partial charge in [-0.05, 0) is 37.5 Å². The zero-order valence-corrected chi connectivity index (χ0v) is 17.6. The molecule has 30 heavy (non-hydrogen) atoms. The van der Waals surface area contributed by atoms with Crippen molar-refractivity contribution >= 4 is 32.4 Å². The third-order valence-electron chi connectivity index (χ3n) is 5.48. The van der Waals surface area contributed by atoms with Crippen molar-refractivity contribution in [2.75, 3.05) is 18.4 Å². The van der Waals surface area contributed by atoms with Crippen LogP contribution < -0.4 is 5.32 Å². The average Bonchev–Trinajstić information content (AvgIpc) is 3.36. The number of sulfonamides is 1. The van der Waals surface area contributed by atoms with Crippen LogP contribution in [0.3, 0.4) is 0 Å². The highest BCUT2D eigenvalue weighted by atomic mass is 32.2. The summed E-state index contributed by atoms with van der Waals surface area (Å²) in [6.07, 6.45) is 1.58. The molecule has 0 saturated carbocycles. The normalized spacial score (nSPS) is 15.0. The molecule has 1 N–H and O–H groups in total. The molecule has 1 fully saturated rings. The van der Waals surface area contributed by atoms with Gasteiger partial charge in [-0.2, -0.15) is 4.31 Å². The molecule has 0 radical (unpaired) electrons. The van der Waals surface area contributed by atoms with Gasteiger partial charge in [0.25, 0.3) is 5.69 Å². The molecular formula is C20H23N5O4S. The Balaban J connectivity index is 1.70. The molecule has 0 atom stereocenters. The van der Waals surface area contributed by atoms with E-state index >= 15 is 0 Å². The van der Waals surface area contributed by atoms with Gasteiger partial charge in [-0.15, -0.1) is 0 Å². The van der Waals surface area contributed by atoms with E-state index in [-0.39, 0.29) is 17.1 Å². The number of aromatic nitrogens is 2. The van der Waals surface area contributed by atoms with E-state index in [1.165, 1.54) is 16.4 Å². The number of imidazole rings is 1. The van der Waals surface area contributed by atoms with Gasteiger partial charge in [-0.25, -0.2) is 13.4 Å². The van der Waals surface area contributed by atoms with Crippen molar-refractivity contribution in [2.24, 2.45) is 7.05 Å². The van der Waals surface area contributed by atoms with Gasteiger partial charge in [0.1, 0.15) is 10.7 Å². The first kappa shape index (κ1) is 20.3. The second-order valence-electron chi connectivity index (χ2n) is 7.43. The zero-order valence-electron chi connectivity index (χ0n) is 16.8. The average molecular weight is 430 g/mol. The van der Waals surface area contributed by atoms with Gasteiger partial charge in [0.15, 0.2) is 0 Å². The van der Waals surface area contributed by atoms with Crippen LogP contribution in [0.2, 0.25) is 0 Å². The number of aryl methyl sites for hydroxylation is 2. The highest BCUT2D eigenvalue weighted by Gasteiger charge is 2.31. The van der Waals surface area contributed by atoms with E-state index in [2.05, 4.69) is 10.3 Å². The molecule has 1 aromatic heterocycles. The predicted octanol–water partition coefficient (Wildman–Crippen LogP) is 3.19. The van der Waals surface area contributed by atoms with Gasteiger partial charge in [-0.1, -0.05) is 12.1 Å². The lowest BCUT2D eigenvalue weighted by Gasteiger charge is -2.18. The van der Waals surface area contributed by atoms with Crippen molar-refractivity contribution in [3.05, 3.63) is 57.9 Å². The fraction of sp³-hybridized carbons (Fsp3) is 0.350. The van der Waals surface area contributed by atoms with Crippen molar-refractivity contribution in [1.29, 1.82) is 0 Å². The highest BCUT2D eigenvalue weighted by molar-refractivity contribution is 7.89. The molecule has 2 heterocycles. The minimum atomic E-state index is -3.83. The number of nitro groups is 1. The summed E-state index contributed by atoms with van der Waals surface area (Å²) in [6.45, 7) is 3.15. The Morgan fingerprint density at radius 2 is 1.93 bits per heavy atom. The second-order valence-corrected chi connectivity index (χ2v) is 9.34. The molecule has 0 spiro atoms. The molecule has 9 nitrogen and oxygen atoms in total. The van der Waals surface area contributed by atoms with Gasteiger partial charge in [-0.3, -0.25) is 10.1 Å². The molecular weight excluding hydrogens is 406 g/mol. The Morgan fingerprint density at radius 3 is 2.60 bits per heavy atom. The Kier molecular flexibility index (Phi) is 5.20. The number of anilines is 1. The number of nitrogens with zero attached hydrogens (tertiary/aromatic N) is 4. The molecule has 3 aromatic rings. The molecule has 4 rings (SSSR count). The fourth-order valence-electron chi connectivity index (χ4n) is 3.90. The monoisotopic (exact) mass is 429 g/mol. The van der Waals surface area contributed by atoms with Crippen LogP contribution in [0.1, 0.15) is 24.2 Å². The number of hydrogen-bond acceptors (Lipinski definition) is 6.